The SMILES string of the molecule is CCc1nc(CCNC(C)C2(C)CC2)no1. The van der Waals surface area contributed by atoms with E-state index in [0.717, 1.165) is 31.1 Å². The Kier molecular flexibility index (Phi) is 3.28. The lowest BCUT2D eigenvalue weighted by molar-refractivity contribution is 0.368. The molecule has 0 saturated heterocycles. The molecule has 0 bridgehead atoms. The Morgan fingerprint density at radius 1 is 1.50 bits per heavy atom. The van der Waals surface area contributed by atoms with Crippen molar-refractivity contribution in [1.82, 2.24) is 15.5 Å². The molecule has 0 aromatic carbocycles. The zero-order valence-corrected chi connectivity index (χ0v) is 10.4. The molecular weight excluding hydrogens is 202 g/mol. The highest BCUT2D eigenvalue weighted by atomic mass is 16.5. The van der Waals surface area contributed by atoms with Gasteiger partial charge >= 0.3 is 0 Å². The average molecular weight is 223 g/mol. The molecule has 0 aliphatic heterocycles. The first-order valence-corrected chi connectivity index (χ1v) is 6.19. The Hall–Kier alpha value is -0.900. The van der Waals surface area contributed by atoms with Crippen LogP contribution in [0.5, 0.6) is 0 Å². The molecule has 1 aliphatic carbocycles. The molecule has 0 radical (unpaired) electrons. The Morgan fingerprint density at radius 3 is 2.81 bits per heavy atom. The highest BCUT2D eigenvalue weighted by Gasteiger charge is 2.41. The summed E-state index contributed by atoms with van der Waals surface area (Å²) in [4.78, 5) is 4.29. The van der Waals surface area contributed by atoms with Crippen LogP contribution in [-0.4, -0.2) is 22.7 Å². The number of aromatic nitrogens is 2. The minimum absolute atomic E-state index is 0.534. The number of hydrogen-bond acceptors (Lipinski definition) is 4. The highest BCUT2D eigenvalue weighted by molar-refractivity contribution is 4.97. The van der Waals surface area contributed by atoms with Crippen LogP contribution < -0.4 is 5.32 Å². The number of hydrogen-bond donors (Lipinski definition) is 1. The number of nitrogens with zero attached hydrogens (tertiary/aromatic N) is 2. The molecular formula is C12H21N3O. The van der Waals surface area contributed by atoms with Crippen molar-refractivity contribution in [3.8, 4) is 0 Å². The Labute approximate surface area is 96.8 Å². The summed E-state index contributed by atoms with van der Waals surface area (Å²) in [6.45, 7) is 7.56. The van der Waals surface area contributed by atoms with Gasteiger partial charge in [-0.1, -0.05) is 19.0 Å². The lowest BCUT2D eigenvalue weighted by Crippen LogP contribution is -2.34. The fourth-order valence-electron chi connectivity index (χ4n) is 1.81. The van der Waals surface area contributed by atoms with Gasteiger partial charge in [-0.15, -0.1) is 0 Å². The molecule has 1 aromatic heterocycles. The molecule has 1 aliphatic rings. The van der Waals surface area contributed by atoms with Crippen LogP contribution in [0.3, 0.4) is 0 Å². The molecule has 4 nitrogen and oxygen atoms in total. The monoisotopic (exact) mass is 223 g/mol. The van der Waals surface area contributed by atoms with Crippen molar-refractivity contribution in [2.45, 2.75) is 52.5 Å². The number of nitrogens with one attached hydrogen (secondary N) is 1. The van der Waals surface area contributed by atoms with Crippen molar-refractivity contribution >= 4 is 0 Å². The molecule has 4 heteroatoms. The van der Waals surface area contributed by atoms with E-state index in [1.807, 2.05) is 6.92 Å². The molecule has 0 amide bonds. The molecule has 1 fully saturated rings. The second-order valence-corrected chi connectivity index (χ2v) is 5.04. The van der Waals surface area contributed by atoms with Crippen molar-refractivity contribution < 1.29 is 4.52 Å². The summed E-state index contributed by atoms with van der Waals surface area (Å²) in [6.07, 6.45) is 4.37. The van der Waals surface area contributed by atoms with E-state index in [1.165, 1.54) is 12.8 Å². The van der Waals surface area contributed by atoms with Gasteiger partial charge in [0.05, 0.1) is 0 Å². The molecule has 2 rings (SSSR count). The van der Waals surface area contributed by atoms with Gasteiger partial charge in [0.1, 0.15) is 0 Å². The first-order valence-electron chi connectivity index (χ1n) is 6.19. The summed E-state index contributed by atoms with van der Waals surface area (Å²) in [5.74, 6) is 1.55. The first kappa shape index (κ1) is 11.6. The van der Waals surface area contributed by atoms with E-state index >= 15 is 0 Å². The summed E-state index contributed by atoms with van der Waals surface area (Å²) >= 11 is 0. The maximum atomic E-state index is 5.06. The normalized spacial score (nSPS) is 19.7. The quantitative estimate of drug-likeness (QED) is 0.801. The minimum atomic E-state index is 0.534. The van der Waals surface area contributed by atoms with E-state index in [-0.39, 0.29) is 0 Å². The van der Waals surface area contributed by atoms with Crippen molar-refractivity contribution in [2.75, 3.05) is 6.54 Å². The van der Waals surface area contributed by atoms with Gasteiger partial charge in [0.15, 0.2) is 5.82 Å². The van der Waals surface area contributed by atoms with E-state index in [2.05, 4.69) is 29.3 Å². The van der Waals surface area contributed by atoms with Gasteiger partial charge in [0.25, 0.3) is 0 Å². The van der Waals surface area contributed by atoms with E-state index in [4.69, 9.17) is 4.52 Å². The van der Waals surface area contributed by atoms with Crippen molar-refractivity contribution in [3.05, 3.63) is 11.7 Å². The van der Waals surface area contributed by atoms with Crippen LogP contribution in [0.15, 0.2) is 4.52 Å². The first-order chi connectivity index (χ1) is 7.64. The topological polar surface area (TPSA) is 51.0 Å². The summed E-state index contributed by atoms with van der Waals surface area (Å²) in [7, 11) is 0. The minimum Gasteiger partial charge on any atom is -0.339 e. The molecule has 90 valence electrons. The molecule has 1 saturated carbocycles. The Balaban J connectivity index is 1.71. The van der Waals surface area contributed by atoms with Crippen LogP contribution in [0, 0.1) is 5.41 Å². The largest absolute Gasteiger partial charge is 0.339 e. The van der Waals surface area contributed by atoms with Gasteiger partial charge in [-0.2, -0.15) is 4.98 Å². The van der Waals surface area contributed by atoms with E-state index in [1.54, 1.807) is 0 Å². The van der Waals surface area contributed by atoms with Gasteiger partial charge in [-0.3, -0.25) is 0 Å². The van der Waals surface area contributed by atoms with Crippen LogP contribution >= 0.6 is 0 Å². The molecule has 0 spiro atoms. The van der Waals surface area contributed by atoms with E-state index in [9.17, 15) is 0 Å². The predicted molar refractivity (Wildman–Crippen MR) is 62.2 cm³/mol. The molecule has 1 N–H and O–H groups in total. The van der Waals surface area contributed by atoms with Gasteiger partial charge in [-0.05, 0) is 25.2 Å². The summed E-state index contributed by atoms with van der Waals surface area (Å²) in [5, 5.41) is 7.47. The van der Waals surface area contributed by atoms with Gasteiger partial charge < -0.3 is 9.84 Å². The maximum absolute atomic E-state index is 5.06. The molecule has 1 unspecified atom stereocenters. The van der Waals surface area contributed by atoms with Crippen molar-refractivity contribution in [3.63, 3.8) is 0 Å². The zero-order valence-electron chi connectivity index (χ0n) is 10.4. The van der Waals surface area contributed by atoms with Crippen LogP contribution in [0.4, 0.5) is 0 Å². The fourth-order valence-corrected chi connectivity index (χ4v) is 1.81. The summed E-state index contributed by atoms with van der Waals surface area (Å²) in [5.41, 5.74) is 0.534. The second-order valence-electron chi connectivity index (χ2n) is 5.04. The lowest BCUT2D eigenvalue weighted by Gasteiger charge is -2.19. The molecule has 1 aromatic rings. The molecule has 1 heterocycles. The van der Waals surface area contributed by atoms with E-state index < -0.39 is 0 Å². The standard InChI is InChI=1S/C12H21N3O/c1-4-11-14-10(15-16-11)5-8-13-9(2)12(3)6-7-12/h9,13H,4-8H2,1-3H3. The van der Waals surface area contributed by atoms with Crippen molar-refractivity contribution in [1.29, 1.82) is 0 Å². The maximum Gasteiger partial charge on any atom is 0.226 e. The molecule has 16 heavy (non-hydrogen) atoms. The van der Waals surface area contributed by atoms with Gasteiger partial charge in [0.2, 0.25) is 5.89 Å². The van der Waals surface area contributed by atoms with Crippen LogP contribution in [0.2, 0.25) is 0 Å². The zero-order chi connectivity index (χ0) is 11.6. The van der Waals surface area contributed by atoms with E-state index in [0.29, 0.717) is 11.5 Å². The number of aryl methyl sites for hydroxylation is 1. The number of rotatable bonds is 6. The van der Waals surface area contributed by atoms with Gasteiger partial charge in [0, 0.05) is 25.4 Å². The summed E-state index contributed by atoms with van der Waals surface area (Å²) in [6, 6.07) is 0.588. The van der Waals surface area contributed by atoms with Crippen LogP contribution in [-0.2, 0) is 12.8 Å². The third-order valence-corrected chi connectivity index (χ3v) is 3.70. The van der Waals surface area contributed by atoms with Crippen LogP contribution in [0.1, 0.15) is 45.3 Å². The molecule has 1 atom stereocenters. The Morgan fingerprint density at radius 2 is 2.25 bits per heavy atom. The average Bonchev–Trinajstić information content (AvgIpc) is 2.87. The van der Waals surface area contributed by atoms with Crippen LogP contribution in [0.25, 0.3) is 0 Å². The highest BCUT2D eigenvalue weighted by Crippen LogP contribution is 2.47. The third kappa shape index (κ3) is 2.61. The lowest BCUT2D eigenvalue weighted by atomic mass is 10.0. The van der Waals surface area contributed by atoms with Crippen molar-refractivity contribution in [2.24, 2.45) is 5.41 Å². The second kappa shape index (κ2) is 4.53. The smallest absolute Gasteiger partial charge is 0.226 e. The van der Waals surface area contributed by atoms with Gasteiger partial charge in [-0.25, -0.2) is 0 Å². The predicted octanol–water partition coefficient (Wildman–Crippen LogP) is 1.95. The Bertz CT molecular complexity index is 344. The third-order valence-electron chi connectivity index (χ3n) is 3.70. The fraction of sp³-hybridized carbons (Fsp3) is 0.833. The summed E-state index contributed by atoms with van der Waals surface area (Å²) < 4.78 is 5.06.